The number of ether oxygens (including phenoxy) is 2. The Morgan fingerprint density at radius 1 is 1.03 bits per heavy atom. The number of rotatable bonds is 11. The fourth-order valence-corrected chi connectivity index (χ4v) is 11.1. The fourth-order valence-electron chi connectivity index (χ4n) is 3.19. The molecule has 0 aliphatic rings. The molecular formula is C25H31NO4Si2. The average Bonchev–Trinajstić information content (AvgIpc) is 2.76. The Balaban J connectivity index is 1.81. The van der Waals surface area contributed by atoms with Crippen molar-refractivity contribution >= 4 is 22.6 Å². The summed E-state index contributed by atoms with van der Waals surface area (Å²) < 4.78 is 17.7. The van der Waals surface area contributed by atoms with Crippen LogP contribution in [0.2, 0.25) is 32.2 Å². The van der Waals surface area contributed by atoms with Gasteiger partial charge in [-0.25, -0.2) is 4.79 Å². The molecule has 0 radical (unpaired) electrons. The quantitative estimate of drug-likeness (QED) is 0.129. The highest BCUT2D eigenvalue weighted by molar-refractivity contribution is 6.89. The molecule has 0 spiro atoms. The number of hydrogen-bond acceptors (Lipinski definition) is 5. The standard InChI is InChI=1S/C25H31NO4Si2/c1-7-20(2)32(5,6)30-31(3,4)18-8-17-28-23-15-11-22(12-16-23)25(27)29-24-13-9-21(19-26)10-14-24/h7,9-16H,1-2,8,17-18H2,3-6H3. The summed E-state index contributed by atoms with van der Waals surface area (Å²) in [7, 11) is -3.80. The van der Waals surface area contributed by atoms with Crippen LogP contribution in [0.25, 0.3) is 0 Å². The molecule has 0 unspecified atom stereocenters. The predicted molar refractivity (Wildman–Crippen MR) is 133 cm³/mol. The van der Waals surface area contributed by atoms with Gasteiger partial charge in [-0.1, -0.05) is 19.2 Å². The molecule has 2 aromatic carbocycles. The summed E-state index contributed by atoms with van der Waals surface area (Å²) >= 11 is 0. The molecule has 32 heavy (non-hydrogen) atoms. The molecule has 0 atom stereocenters. The van der Waals surface area contributed by atoms with Crippen LogP contribution in [0.4, 0.5) is 0 Å². The molecule has 5 nitrogen and oxygen atoms in total. The van der Waals surface area contributed by atoms with E-state index < -0.39 is 22.6 Å². The van der Waals surface area contributed by atoms with Crippen molar-refractivity contribution in [3.63, 3.8) is 0 Å². The average molecular weight is 466 g/mol. The van der Waals surface area contributed by atoms with Gasteiger partial charge in [0, 0.05) is 0 Å². The number of nitriles is 1. The molecule has 168 valence electrons. The maximum absolute atomic E-state index is 12.3. The van der Waals surface area contributed by atoms with Gasteiger partial charge in [0.15, 0.2) is 8.32 Å². The molecule has 0 aliphatic carbocycles. The van der Waals surface area contributed by atoms with Crippen LogP contribution >= 0.6 is 0 Å². The van der Waals surface area contributed by atoms with Crippen molar-refractivity contribution in [3.8, 4) is 17.6 Å². The molecule has 0 aliphatic heterocycles. The van der Waals surface area contributed by atoms with Gasteiger partial charge in [0.1, 0.15) is 11.5 Å². The molecule has 2 aromatic rings. The third-order valence-corrected chi connectivity index (χ3v) is 12.6. The van der Waals surface area contributed by atoms with Crippen LogP contribution in [-0.4, -0.2) is 29.2 Å². The zero-order chi connectivity index (χ0) is 23.8. The molecular weight excluding hydrogens is 434 g/mol. The van der Waals surface area contributed by atoms with Crippen LogP contribution < -0.4 is 9.47 Å². The van der Waals surface area contributed by atoms with E-state index in [2.05, 4.69) is 39.3 Å². The van der Waals surface area contributed by atoms with Crippen LogP contribution in [-0.2, 0) is 4.12 Å². The minimum absolute atomic E-state index is 0.395. The van der Waals surface area contributed by atoms with Gasteiger partial charge < -0.3 is 13.6 Å². The second kappa shape index (κ2) is 11.1. The lowest BCUT2D eigenvalue weighted by atomic mass is 10.2. The number of allylic oxidation sites excluding steroid dienone is 2. The van der Waals surface area contributed by atoms with E-state index in [1.54, 1.807) is 48.5 Å². The Hall–Kier alpha value is -2.93. The third-order valence-electron chi connectivity index (χ3n) is 5.03. The van der Waals surface area contributed by atoms with Gasteiger partial charge in [0.05, 0.1) is 23.8 Å². The van der Waals surface area contributed by atoms with Crippen LogP contribution in [0, 0.1) is 11.3 Å². The lowest BCUT2D eigenvalue weighted by Crippen LogP contribution is -2.45. The van der Waals surface area contributed by atoms with E-state index in [-0.39, 0.29) is 0 Å². The lowest BCUT2D eigenvalue weighted by Gasteiger charge is -2.34. The first-order chi connectivity index (χ1) is 15.1. The maximum Gasteiger partial charge on any atom is 0.343 e. The molecule has 0 fully saturated rings. The fraction of sp³-hybridized carbons (Fsp3) is 0.280. The number of carbonyl (C=O) groups is 1. The van der Waals surface area contributed by atoms with Crippen LogP contribution in [0.1, 0.15) is 22.3 Å². The van der Waals surface area contributed by atoms with Crippen molar-refractivity contribution in [1.29, 1.82) is 5.26 Å². The molecule has 0 N–H and O–H groups in total. The molecule has 0 heterocycles. The van der Waals surface area contributed by atoms with Gasteiger partial charge >= 0.3 is 5.97 Å². The van der Waals surface area contributed by atoms with Crippen molar-refractivity contribution in [2.75, 3.05) is 6.61 Å². The molecule has 0 amide bonds. The third kappa shape index (κ3) is 7.64. The van der Waals surface area contributed by atoms with E-state index in [4.69, 9.17) is 18.9 Å². The molecule has 0 saturated carbocycles. The number of esters is 1. The molecule has 0 aromatic heterocycles. The topological polar surface area (TPSA) is 68.6 Å². The van der Waals surface area contributed by atoms with Gasteiger partial charge in [-0.05, 0) is 92.4 Å². The minimum atomic E-state index is -1.97. The molecule has 0 saturated heterocycles. The first-order valence-corrected chi connectivity index (χ1v) is 16.6. The van der Waals surface area contributed by atoms with Gasteiger partial charge in [0.2, 0.25) is 8.32 Å². The van der Waals surface area contributed by atoms with E-state index in [1.807, 2.05) is 12.1 Å². The van der Waals surface area contributed by atoms with Crippen molar-refractivity contribution in [2.24, 2.45) is 0 Å². The van der Waals surface area contributed by atoms with E-state index in [9.17, 15) is 4.79 Å². The van der Waals surface area contributed by atoms with Crippen molar-refractivity contribution in [3.05, 3.63) is 84.1 Å². The summed E-state index contributed by atoms with van der Waals surface area (Å²) in [6.07, 6.45) is 2.70. The van der Waals surface area contributed by atoms with E-state index in [1.165, 1.54) is 0 Å². The second-order valence-electron chi connectivity index (χ2n) is 8.60. The largest absolute Gasteiger partial charge is 0.494 e. The summed E-state index contributed by atoms with van der Waals surface area (Å²) in [5.41, 5.74) is 0.940. The van der Waals surface area contributed by atoms with Crippen molar-refractivity contribution < 1.29 is 18.4 Å². The van der Waals surface area contributed by atoms with E-state index >= 15 is 0 Å². The Kier molecular flexibility index (Phi) is 8.78. The highest BCUT2D eigenvalue weighted by Gasteiger charge is 2.33. The van der Waals surface area contributed by atoms with Crippen molar-refractivity contribution in [1.82, 2.24) is 0 Å². The van der Waals surface area contributed by atoms with Gasteiger partial charge in [-0.15, -0.1) is 0 Å². The Morgan fingerprint density at radius 2 is 1.62 bits per heavy atom. The number of hydrogen-bond donors (Lipinski definition) is 0. The summed E-state index contributed by atoms with van der Waals surface area (Å²) in [5, 5.41) is 9.85. The first kappa shape index (κ1) is 25.3. The summed E-state index contributed by atoms with van der Waals surface area (Å²) in [4.78, 5) is 12.3. The molecule has 0 bridgehead atoms. The van der Waals surface area contributed by atoms with Crippen molar-refractivity contribution in [2.45, 2.75) is 38.7 Å². The first-order valence-electron chi connectivity index (χ1n) is 10.5. The van der Waals surface area contributed by atoms with Gasteiger partial charge in [-0.2, -0.15) is 5.26 Å². The summed E-state index contributed by atoms with van der Waals surface area (Å²) in [6.45, 7) is 17.3. The lowest BCUT2D eigenvalue weighted by molar-refractivity contribution is 0.0734. The van der Waals surface area contributed by atoms with E-state index in [0.717, 1.165) is 17.7 Å². The molecule has 2 rings (SSSR count). The number of nitrogens with zero attached hydrogens (tertiary/aromatic N) is 1. The number of benzene rings is 2. The highest BCUT2D eigenvalue weighted by Crippen LogP contribution is 2.25. The van der Waals surface area contributed by atoms with Gasteiger partial charge in [0.25, 0.3) is 0 Å². The SMILES string of the molecule is C=CC(=C)[Si](C)(C)O[Si](C)(C)CCCOc1ccc(C(=O)Oc2ccc(C#N)cc2)cc1. The maximum atomic E-state index is 12.3. The smallest absolute Gasteiger partial charge is 0.343 e. The summed E-state index contributed by atoms with van der Waals surface area (Å²) in [5.74, 6) is 0.639. The highest BCUT2D eigenvalue weighted by atomic mass is 28.4. The zero-order valence-corrected chi connectivity index (χ0v) is 21.3. The van der Waals surface area contributed by atoms with Crippen LogP contribution in [0.5, 0.6) is 11.5 Å². The second-order valence-corrected chi connectivity index (χ2v) is 17.1. The van der Waals surface area contributed by atoms with Gasteiger partial charge in [-0.3, -0.25) is 0 Å². The Labute approximate surface area is 193 Å². The molecule has 7 heteroatoms. The Morgan fingerprint density at radius 3 is 2.19 bits per heavy atom. The monoisotopic (exact) mass is 465 g/mol. The normalized spacial score (nSPS) is 11.3. The van der Waals surface area contributed by atoms with E-state index in [0.29, 0.717) is 29.2 Å². The Bertz CT molecular complexity index is 990. The summed E-state index contributed by atoms with van der Waals surface area (Å²) in [6, 6.07) is 16.3. The zero-order valence-electron chi connectivity index (χ0n) is 19.3. The minimum Gasteiger partial charge on any atom is -0.494 e. The van der Waals surface area contributed by atoms with Crippen LogP contribution in [0.15, 0.2) is 73.0 Å². The van der Waals surface area contributed by atoms with Crippen LogP contribution in [0.3, 0.4) is 0 Å². The predicted octanol–water partition coefficient (Wildman–Crippen LogP) is 6.25. The number of carbonyl (C=O) groups excluding carboxylic acids is 1.